The maximum atomic E-state index is 9.15. The van der Waals surface area contributed by atoms with Gasteiger partial charge in [0, 0.05) is 19.6 Å². The van der Waals surface area contributed by atoms with Crippen molar-refractivity contribution in [2.24, 2.45) is 7.05 Å². The highest BCUT2D eigenvalue weighted by molar-refractivity contribution is 5.55. The second-order valence-corrected chi connectivity index (χ2v) is 4.58. The zero-order valence-corrected chi connectivity index (χ0v) is 12.0. The van der Waals surface area contributed by atoms with Crippen molar-refractivity contribution in [2.45, 2.75) is 33.7 Å². The van der Waals surface area contributed by atoms with Crippen LogP contribution >= 0.6 is 0 Å². The molecule has 1 unspecified atom stereocenters. The Labute approximate surface area is 109 Å². The van der Waals surface area contributed by atoms with E-state index in [0.717, 1.165) is 31.1 Å². The third kappa shape index (κ3) is 3.23. The quantitative estimate of drug-likeness (QED) is 0.834. The molecule has 1 atom stereocenters. The van der Waals surface area contributed by atoms with Gasteiger partial charge in [0.05, 0.1) is 5.69 Å². The molecule has 0 bridgehead atoms. The van der Waals surface area contributed by atoms with Crippen LogP contribution in [-0.4, -0.2) is 40.4 Å². The van der Waals surface area contributed by atoms with Crippen LogP contribution in [0.25, 0.3) is 0 Å². The van der Waals surface area contributed by atoms with E-state index in [9.17, 15) is 0 Å². The monoisotopic (exact) mass is 249 g/mol. The lowest BCUT2D eigenvalue weighted by molar-refractivity contribution is 0.294. The van der Waals surface area contributed by atoms with Crippen molar-refractivity contribution in [3.8, 4) is 6.07 Å². The van der Waals surface area contributed by atoms with Gasteiger partial charge in [-0.05, 0) is 26.9 Å². The van der Waals surface area contributed by atoms with Crippen molar-refractivity contribution < 1.29 is 0 Å². The largest absolute Gasteiger partial charge is 0.365 e. The Morgan fingerprint density at radius 2 is 2.06 bits per heavy atom. The summed E-state index contributed by atoms with van der Waals surface area (Å²) in [5, 5.41) is 16.8. The average molecular weight is 249 g/mol. The van der Waals surface area contributed by atoms with Crippen molar-refractivity contribution in [3.63, 3.8) is 0 Å². The molecule has 0 aromatic carbocycles. The van der Waals surface area contributed by atoms with Crippen molar-refractivity contribution in [1.29, 1.82) is 5.26 Å². The molecule has 0 spiro atoms. The highest BCUT2D eigenvalue weighted by atomic mass is 15.3. The van der Waals surface area contributed by atoms with Gasteiger partial charge in [-0.25, -0.2) is 0 Å². The molecule has 1 rings (SSSR count). The Bertz CT molecular complexity index is 425. The fourth-order valence-electron chi connectivity index (χ4n) is 2.11. The van der Waals surface area contributed by atoms with Gasteiger partial charge < -0.3 is 10.2 Å². The summed E-state index contributed by atoms with van der Waals surface area (Å²) in [6, 6.07) is 2.50. The van der Waals surface area contributed by atoms with Crippen molar-refractivity contribution in [2.75, 3.05) is 25.0 Å². The third-order valence-electron chi connectivity index (χ3n) is 3.14. The second kappa shape index (κ2) is 6.41. The summed E-state index contributed by atoms with van der Waals surface area (Å²) in [4.78, 5) is 2.35. The molecule has 0 aliphatic rings. The molecule has 1 aromatic rings. The summed E-state index contributed by atoms with van der Waals surface area (Å²) in [7, 11) is 1.86. The summed E-state index contributed by atoms with van der Waals surface area (Å²) in [6.45, 7) is 11.3. The standard InChI is InChI=1S/C13H23N5/c1-6-18(7-2)9-10(3)15-13-12(8-14)11(4)16-17(13)5/h10,15H,6-7,9H2,1-5H3. The molecular formula is C13H23N5. The van der Waals surface area contributed by atoms with Gasteiger partial charge in [-0.1, -0.05) is 13.8 Å². The van der Waals surface area contributed by atoms with Gasteiger partial charge in [0.2, 0.25) is 0 Å². The number of anilines is 1. The van der Waals surface area contributed by atoms with E-state index in [2.05, 4.69) is 42.2 Å². The molecule has 1 heterocycles. The smallest absolute Gasteiger partial charge is 0.142 e. The maximum Gasteiger partial charge on any atom is 0.142 e. The van der Waals surface area contributed by atoms with Crippen LogP contribution in [0.15, 0.2) is 0 Å². The number of rotatable bonds is 6. The lowest BCUT2D eigenvalue weighted by Gasteiger charge is -2.24. The second-order valence-electron chi connectivity index (χ2n) is 4.58. The number of aryl methyl sites for hydroxylation is 2. The molecule has 0 radical (unpaired) electrons. The summed E-state index contributed by atoms with van der Waals surface area (Å²) in [5.41, 5.74) is 1.42. The minimum Gasteiger partial charge on any atom is -0.365 e. The summed E-state index contributed by atoms with van der Waals surface area (Å²) in [5.74, 6) is 0.814. The van der Waals surface area contributed by atoms with Crippen molar-refractivity contribution in [1.82, 2.24) is 14.7 Å². The highest BCUT2D eigenvalue weighted by Gasteiger charge is 2.15. The van der Waals surface area contributed by atoms with E-state index in [1.165, 1.54) is 0 Å². The van der Waals surface area contributed by atoms with Crippen LogP contribution in [0.4, 0.5) is 5.82 Å². The molecule has 0 amide bonds. The van der Waals surface area contributed by atoms with Crippen molar-refractivity contribution >= 4 is 5.82 Å². The fourth-order valence-corrected chi connectivity index (χ4v) is 2.11. The van der Waals surface area contributed by atoms with E-state index in [1.54, 1.807) is 4.68 Å². The number of hydrogen-bond acceptors (Lipinski definition) is 4. The molecular weight excluding hydrogens is 226 g/mol. The van der Waals surface area contributed by atoms with Crippen LogP contribution in [0, 0.1) is 18.3 Å². The summed E-state index contributed by atoms with van der Waals surface area (Å²) in [6.07, 6.45) is 0. The lowest BCUT2D eigenvalue weighted by Crippen LogP contribution is -2.35. The molecule has 0 saturated heterocycles. The first-order chi connectivity index (χ1) is 8.53. The minimum atomic E-state index is 0.284. The van der Waals surface area contributed by atoms with E-state index in [4.69, 9.17) is 5.26 Å². The van der Waals surface area contributed by atoms with Gasteiger partial charge in [-0.3, -0.25) is 4.68 Å². The van der Waals surface area contributed by atoms with Gasteiger partial charge in [0.1, 0.15) is 17.5 Å². The van der Waals surface area contributed by atoms with Crippen LogP contribution in [0.3, 0.4) is 0 Å². The molecule has 5 heteroatoms. The molecule has 1 N–H and O–H groups in total. The van der Waals surface area contributed by atoms with E-state index in [0.29, 0.717) is 5.56 Å². The fraction of sp³-hybridized carbons (Fsp3) is 0.692. The van der Waals surface area contributed by atoms with Gasteiger partial charge in [0.25, 0.3) is 0 Å². The summed E-state index contributed by atoms with van der Waals surface area (Å²) < 4.78 is 1.74. The number of aromatic nitrogens is 2. The summed E-state index contributed by atoms with van der Waals surface area (Å²) >= 11 is 0. The molecule has 1 aromatic heterocycles. The Balaban J connectivity index is 2.76. The molecule has 0 saturated carbocycles. The van der Waals surface area contributed by atoms with Crippen LogP contribution < -0.4 is 5.32 Å². The Kier molecular flexibility index (Phi) is 5.17. The SMILES string of the molecule is CCN(CC)CC(C)Nc1c(C#N)c(C)nn1C. The first-order valence-corrected chi connectivity index (χ1v) is 6.46. The van der Waals surface area contributed by atoms with E-state index >= 15 is 0 Å². The predicted molar refractivity (Wildman–Crippen MR) is 73.5 cm³/mol. The number of nitriles is 1. The topological polar surface area (TPSA) is 56.9 Å². The zero-order valence-electron chi connectivity index (χ0n) is 12.0. The van der Waals surface area contributed by atoms with E-state index in [1.807, 2.05) is 14.0 Å². The van der Waals surface area contributed by atoms with Crippen molar-refractivity contribution in [3.05, 3.63) is 11.3 Å². The van der Waals surface area contributed by atoms with Gasteiger partial charge in [-0.15, -0.1) is 0 Å². The first-order valence-electron chi connectivity index (χ1n) is 6.46. The lowest BCUT2D eigenvalue weighted by atomic mass is 10.2. The average Bonchev–Trinajstić information content (AvgIpc) is 2.60. The third-order valence-corrected chi connectivity index (χ3v) is 3.14. The molecule has 0 aliphatic heterocycles. The Morgan fingerprint density at radius 3 is 2.56 bits per heavy atom. The number of hydrogen-bond donors (Lipinski definition) is 1. The first kappa shape index (κ1) is 14.5. The minimum absolute atomic E-state index is 0.284. The Morgan fingerprint density at radius 1 is 1.44 bits per heavy atom. The number of nitrogens with one attached hydrogen (secondary N) is 1. The maximum absolute atomic E-state index is 9.15. The molecule has 0 aliphatic carbocycles. The van der Waals surface area contributed by atoms with Crippen LogP contribution in [0.2, 0.25) is 0 Å². The predicted octanol–water partition coefficient (Wildman–Crippen LogP) is 1.74. The number of likely N-dealkylation sites (N-methyl/N-ethyl adjacent to an activating group) is 1. The Hall–Kier alpha value is -1.54. The highest BCUT2D eigenvalue weighted by Crippen LogP contribution is 2.18. The zero-order chi connectivity index (χ0) is 13.7. The van der Waals surface area contributed by atoms with Crippen LogP contribution in [-0.2, 0) is 7.05 Å². The molecule has 100 valence electrons. The molecule has 5 nitrogen and oxygen atoms in total. The van der Waals surface area contributed by atoms with E-state index < -0.39 is 0 Å². The van der Waals surface area contributed by atoms with Gasteiger partial charge in [-0.2, -0.15) is 10.4 Å². The van der Waals surface area contributed by atoms with Crippen LogP contribution in [0.5, 0.6) is 0 Å². The normalized spacial score (nSPS) is 12.5. The van der Waals surface area contributed by atoms with E-state index in [-0.39, 0.29) is 6.04 Å². The van der Waals surface area contributed by atoms with Crippen LogP contribution in [0.1, 0.15) is 32.0 Å². The number of nitrogens with zero attached hydrogens (tertiary/aromatic N) is 4. The van der Waals surface area contributed by atoms with Gasteiger partial charge in [0.15, 0.2) is 0 Å². The molecule has 18 heavy (non-hydrogen) atoms. The molecule has 0 fully saturated rings. The van der Waals surface area contributed by atoms with Gasteiger partial charge >= 0.3 is 0 Å².